The summed E-state index contributed by atoms with van der Waals surface area (Å²) >= 11 is 6.00. The van der Waals surface area contributed by atoms with E-state index in [0.717, 1.165) is 61.3 Å². The fraction of sp³-hybridized carbons (Fsp3) is 0.458. The van der Waals surface area contributed by atoms with Gasteiger partial charge in [-0.1, -0.05) is 28.9 Å². The number of hydrogen-bond acceptors (Lipinski definition) is 7. The molecule has 0 spiro atoms. The highest BCUT2D eigenvalue weighted by Crippen LogP contribution is 2.40. The molecule has 3 aliphatic heterocycles. The standard InChI is InChI=1S/C24H28ClN3O4/c1-29-21-11-18-20(12-22(21)30-2)31-15-19-23(32-26-24(18)19)14-28-9-7-27(8-10-28)13-16-3-5-17(25)6-4-16/h3-6,11-12,19,23H,7-10,13-15H2,1-2H3. The zero-order valence-electron chi connectivity index (χ0n) is 18.4. The molecule has 0 bridgehead atoms. The number of fused-ring (bicyclic) bond motifs is 3. The summed E-state index contributed by atoms with van der Waals surface area (Å²) in [5.74, 6) is 2.20. The van der Waals surface area contributed by atoms with Gasteiger partial charge >= 0.3 is 0 Å². The van der Waals surface area contributed by atoms with E-state index in [1.165, 1.54) is 5.56 Å². The summed E-state index contributed by atoms with van der Waals surface area (Å²) in [4.78, 5) is 10.8. The van der Waals surface area contributed by atoms with E-state index in [-0.39, 0.29) is 12.0 Å². The molecule has 32 heavy (non-hydrogen) atoms. The van der Waals surface area contributed by atoms with E-state index in [9.17, 15) is 0 Å². The molecule has 8 heteroatoms. The first kappa shape index (κ1) is 21.4. The second-order valence-corrected chi connectivity index (χ2v) is 8.88. The Balaban J connectivity index is 1.18. The maximum atomic E-state index is 6.06. The van der Waals surface area contributed by atoms with Crippen molar-refractivity contribution in [2.75, 3.05) is 53.6 Å². The monoisotopic (exact) mass is 457 g/mol. The van der Waals surface area contributed by atoms with Crippen molar-refractivity contribution in [3.05, 3.63) is 52.5 Å². The van der Waals surface area contributed by atoms with Crippen molar-refractivity contribution in [1.82, 2.24) is 9.80 Å². The third kappa shape index (κ3) is 4.25. The van der Waals surface area contributed by atoms with E-state index in [1.54, 1.807) is 14.2 Å². The number of halogens is 1. The van der Waals surface area contributed by atoms with Crippen LogP contribution in [0.4, 0.5) is 0 Å². The Labute approximate surface area is 193 Å². The molecule has 5 rings (SSSR count). The largest absolute Gasteiger partial charge is 0.493 e. The molecule has 0 aliphatic carbocycles. The van der Waals surface area contributed by atoms with E-state index in [4.69, 9.17) is 30.6 Å². The summed E-state index contributed by atoms with van der Waals surface area (Å²) < 4.78 is 16.9. The zero-order valence-corrected chi connectivity index (χ0v) is 19.2. The fourth-order valence-electron chi connectivity index (χ4n) is 4.63. The quantitative estimate of drug-likeness (QED) is 0.663. The van der Waals surface area contributed by atoms with Crippen molar-refractivity contribution in [2.24, 2.45) is 11.1 Å². The molecule has 0 radical (unpaired) electrons. The lowest BCUT2D eigenvalue weighted by Gasteiger charge is -2.36. The first-order chi connectivity index (χ1) is 15.6. The van der Waals surface area contributed by atoms with Gasteiger partial charge in [-0.25, -0.2) is 0 Å². The van der Waals surface area contributed by atoms with Gasteiger partial charge in [0.2, 0.25) is 0 Å². The third-order valence-corrected chi connectivity index (χ3v) is 6.74. The molecule has 2 aromatic rings. The van der Waals surface area contributed by atoms with E-state index < -0.39 is 0 Å². The summed E-state index contributed by atoms with van der Waals surface area (Å²) in [7, 11) is 3.26. The second-order valence-electron chi connectivity index (χ2n) is 8.44. The van der Waals surface area contributed by atoms with Crippen LogP contribution in [0.25, 0.3) is 0 Å². The Morgan fingerprint density at radius 1 is 1.00 bits per heavy atom. The first-order valence-corrected chi connectivity index (χ1v) is 11.3. The molecule has 3 aliphatic rings. The predicted octanol–water partition coefficient (Wildman–Crippen LogP) is 3.29. The Kier molecular flexibility index (Phi) is 6.13. The number of ether oxygens (including phenoxy) is 3. The van der Waals surface area contributed by atoms with Crippen LogP contribution < -0.4 is 14.2 Å². The van der Waals surface area contributed by atoms with Gasteiger partial charge in [-0.2, -0.15) is 0 Å². The van der Waals surface area contributed by atoms with Crippen LogP contribution in [-0.4, -0.2) is 75.2 Å². The highest BCUT2D eigenvalue weighted by Gasteiger charge is 2.41. The minimum absolute atomic E-state index is 0.00550. The van der Waals surface area contributed by atoms with E-state index >= 15 is 0 Å². The molecule has 2 unspecified atom stereocenters. The summed E-state index contributed by atoms with van der Waals surface area (Å²) in [5, 5.41) is 5.23. The van der Waals surface area contributed by atoms with Crippen LogP contribution in [0, 0.1) is 5.92 Å². The molecular weight excluding hydrogens is 430 g/mol. The molecule has 0 amide bonds. The highest BCUT2D eigenvalue weighted by atomic mass is 35.5. The van der Waals surface area contributed by atoms with Gasteiger partial charge in [0, 0.05) is 55.9 Å². The fourth-order valence-corrected chi connectivity index (χ4v) is 4.76. The molecular formula is C24H28ClN3O4. The Hall–Kier alpha value is -2.48. The smallest absolute Gasteiger partial charge is 0.164 e. The van der Waals surface area contributed by atoms with Crippen molar-refractivity contribution in [3.8, 4) is 17.2 Å². The molecule has 0 N–H and O–H groups in total. The molecule has 170 valence electrons. The van der Waals surface area contributed by atoms with Crippen LogP contribution in [-0.2, 0) is 11.4 Å². The molecule has 7 nitrogen and oxygen atoms in total. The van der Waals surface area contributed by atoms with Crippen molar-refractivity contribution < 1.29 is 19.0 Å². The Morgan fingerprint density at radius 2 is 1.69 bits per heavy atom. The van der Waals surface area contributed by atoms with Gasteiger partial charge in [0.1, 0.15) is 18.1 Å². The Morgan fingerprint density at radius 3 is 2.41 bits per heavy atom. The van der Waals surface area contributed by atoms with Crippen LogP contribution >= 0.6 is 11.6 Å². The summed E-state index contributed by atoms with van der Waals surface area (Å²) in [5.41, 5.74) is 3.16. The first-order valence-electron chi connectivity index (χ1n) is 11.0. The van der Waals surface area contributed by atoms with Gasteiger partial charge in [0.15, 0.2) is 17.6 Å². The van der Waals surface area contributed by atoms with E-state index in [0.29, 0.717) is 18.1 Å². The minimum atomic E-state index is -0.00550. The Bertz CT molecular complexity index is 989. The van der Waals surface area contributed by atoms with Gasteiger partial charge in [-0.05, 0) is 23.8 Å². The van der Waals surface area contributed by atoms with E-state index in [2.05, 4.69) is 27.1 Å². The average molecular weight is 458 g/mol. The molecule has 1 fully saturated rings. The lowest BCUT2D eigenvalue weighted by atomic mass is 9.90. The maximum Gasteiger partial charge on any atom is 0.164 e. The van der Waals surface area contributed by atoms with Gasteiger partial charge < -0.3 is 19.0 Å². The van der Waals surface area contributed by atoms with Crippen molar-refractivity contribution in [2.45, 2.75) is 12.6 Å². The topological polar surface area (TPSA) is 55.8 Å². The summed E-state index contributed by atoms with van der Waals surface area (Å²) in [6, 6.07) is 11.9. The number of benzene rings is 2. The van der Waals surface area contributed by atoms with Gasteiger partial charge in [-0.3, -0.25) is 9.80 Å². The highest BCUT2D eigenvalue weighted by molar-refractivity contribution is 6.30. The number of rotatable bonds is 6. The normalized spacial score (nSPS) is 22.9. The second kappa shape index (κ2) is 9.17. The number of oxime groups is 1. The van der Waals surface area contributed by atoms with Crippen LogP contribution in [0.2, 0.25) is 5.02 Å². The number of hydrogen-bond donors (Lipinski definition) is 0. The molecule has 2 aromatic carbocycles. The van der Waals surface area contributed by atoms with Gasteiger partial charge in [0.25, 0.3) is 0 Å². The van der Waals surface area contributed by atoms with E-state index in [1.807, 2.05) is 24.3 Å². The number of piperazine rings is 1. The van der Waals surface area contributed by atoms with Crippen molar-refractivity contribution in [3.63, 3.8) is 0 Å². The van der Waals surface area contributed by atoms with Crippen LogP contribution in [0.5, 0.6) is 17.2 Å². The van der Waals surface area contributed by atoms with Crippen LogP contribution in [0.1, 0.15) is 11.1 Å². The minimum Gasteiger partial charge on any atom is -0.493 e. The average Bonchev–Trinajstić information content (AvgIpc) is 3.24. The maximum absolute atomic E-state index is 6.06. The lowest BCUT2D eigenvalue weighted by molar-refractivity contribution is 0.00849. The SMILES string of the molecule is COc1cc2c(cc1OC)C1=NOC(CN3CCN(Cc4ccc(Cl)cc4)CC3)C1CO2. The number of nitrogens with zero attached hydrogens (tertiary/aromatic N) is 3. The van der Waals surface area contributed by atoms with Crippen molar-refractivity contribution in [1.29, 1.82) is 0 Å². The molecule has 2 atom stereocenters. The zero-order chi connectivity index (χ0) is 22.1. The third-order valence-electron chi connectivity index (χ3n) is 6.49. The van der Waals surface area contributed by atoms with Crippen LogP contribution in [0.15, 0.2) is 41.6 Å². The predicted molar refractivity (Wildman–Crippen MR) is 123 cm³/mol. The van der Waals surface area contributed by atoms with Crippen LogP contribution in [0.3, 0.4) is 0 Å². The van der Waals surface area contributed by atoms with Crippen molar-refractivity contribution >= 4 is 17.3 Å². The summed E-state index contributed by atoms with van der Waals surface area (Å²) in [6.45, 7) is 6.45. The summed E-state index contributed by atoms with van der Waals surface area (Å²) in [6.07, 6.45) is -0.00550. The molecule has 1 saturated heterocycles. The van der Waals surface area contributed by atoms with Gasteiger partial charge in [0.05, 0.1) is 20.1 Å². The van der Waals surface area contributed by atoms with Gasteiger partial charge in [-0.15, -0.1) is 0 Å². The molecule has 0 aromatic heterocycles. The number of methoxy groups -OCH3 is 2. The molecule has 0 saturated carbocycles. The molecule has 3 heterocycles. The lowest BCUT2D eigenvalue weighted by Crippen LogP contribution is -2.50.